The van der Waals surface area contributed by atoms with Gasteiger partial charge in [0.25, 0.3) is 0 Å². The number of nitrogens with zero attached hydrogens (tertiary/aromatic N) is 1. The van der Waals surface area contributed by atoms with Crippen LogP contribution < -0.4 is 10.6 Å². The molecule has 2 rings (SSSR count). The lowest BCUT2D eigenvalue weighted by molar-refractivity contribution is 0.613. The second-order valence-electron chi connectivity index (χ2n) is 4.79. The van der Waals surface area contributed by atoms with Gasteiger partial charge in [-0.1, -0.05) is 24.3 Å². The van der Waals surface area contributed by atoms with Crippen LogP contribution in [-0.2, 0) is 6.54 Å². The summed E-state index contributed by atoms with van der Waals surface area (Å²) in [7, 11) is 1.74. The van der Waals surface area contributed by atoms with Gasteiger partial charge in [0.15, 0.2) is 5.96 Å². The molecule has 0 bridgehead atoms. The summed E-state index contributed by atoms with van der Waals surface area (Å²) in [6.07, 6.45) is 6.39. The molecule has 0 radical (unpaired) electrons. The predicted octanol–water partition coefficient (Wildman–Crippen LogP) is 3.14. The van der Waals surface area contributed by atoms with Crippen molar-refractivity contribution in [1.82, 2.24) is 10.6 Å². The van der Waals surface area contributed by atoms with Crippen LogP contribution in [0.5, 0.6) is 0 Å². The fraction of sp³-hybridized carbons (Fsp3) is 0.400. The van der Waals surface area contributed by atoms with E-state index in [2.05, 4.69) is 27.8 Å². The van der Waals surface area contributed by atoms with Crippen molar-refractivity contribution in [1.29, 1.82) is 0 Å². The summed E-state index contributed by atoms with van der Waals surface area (Å²) in [5.41, 5.74) is 1.58. The minimum absolute atomic E-state index is 0. The normalized spacial score (nSPS) is 15.1. The number of aliphatic imine (C=N–C) groups is 1. The smallest absolute Gasteiger partial charge is 0.191 e. The molecule has 2 N–H and O–H groups in total. The summed E-state index contributed by atoms with van der Waals surface area (Å²) >= 11 is 0. The zero-order valence-corrected chi connectivity index (χ0v) is 14.1. The highest BCUT2D eigenvalue weighted by Gasteiger charge is 2.11. The van der Waals surface area contributed by atoms with Crippen LogP contribution in [0.4, 0.5) is 4.39 Å². The van der Waals surface area contributed by atoms with Gasteiger partial charge >= 0.3 is 0 Å². The largest absolute Gasteiger partial charge is 0.353 e. The van der Waals surface area contributed by atoms with Crippen molar-refractivity contribution < 1.29 is 4.39 Å². The van der Waals surface area contributed by atoms with E-state index in [1.165, 1.54) is 0 Å². The van der Waals surface area contributed by atoms with Crippen molar-refractivity contribution >= 4 is 29.9 Å². The SMILES string of the molecule is CN=C(NCc1ccc(C)c(F)c1)NC1CC=CC1.I. The van der Waals surface area contributed by atoms with Crippen molar-refractivity contribution in [2.24, 2.45) is 4.99 Å². The van der Waals surface area contributed by atoms with Gasteiger partial charge in [0, 0.05) is 19.6 Å². The molecule has 110 valence electrons. The fourth-order valence-electron chi connectivity index (χ4n) is 2.06. The van der Waals surface area contributed by atoms with Crippen molar-refractivity contribution in [2.75, 3.05) is 7.05 Å². The highest BCUT2D eigenvalue weighted by molar-refractivity contribution is 14.0. The molecule has 1 aromatic rings. The van der Waals surface area contributed by atoms with Crippen LogP contribution in [-0.4, -0.2) is 19.0 Å². The van der Waals surface area contributed by atoms with Gasteiger partial charge in [-0.05, 0) is 37.0 Å². The Morgan fingerprint density at radius 3 is 2.65 bits per heavy atom. The number of hydrogen-bond acceptors (Lipinski definition) is 1. The van der Waals surface area contributed by atoms with Gasteiger partial charge in [-0.25, -0.2) is 4.39 Å². The number of guanidine groups is 1. The summed E-state index contributed by atoms with van der Waals surface area (Å²) in [6.45, 7) is 2.33. The lowest BCUT2D eigenvalue weighted by atomic mass is 10.1. The standard InChI is InChI=1S/C15H20FN3.HI/c1-11-7-8-12(9-14(11)16)10-18-15(17-2)19-13-5-3-4-6-13;/h3-4,7-9,13H,5-6,10H2,1-2H3,(H2,17,18,19);1H. The Morgan fingerprint density at radius 1 is 1.35 bits per heavy atom. The van der Waals surface area contributed by atoms with Crippen LogP contribution in [0.3, 0.4) is 0 Å². The number of aryl methyl sites for hydroxylation is 1. The van der Waals surface area contributed by atoms with Crippen LogP contribution in [0.2, 0.25) is 0 Å². The maximum Gasteiger partial charge on any atom is 0.191 e. The zero-order chi connectivity index (χ0) is 13.7. The summed E-state index contributed by atoms with van der Waals surface area (Å²) in [5, 5.41) is 6.55. The minimum atomic E-state index is -0.165. The minimum Gasteiger partial charge on any atom is -0.353 e. The first-order valence-corrected chi connectivity index (χ1v) is 6.56. The van der Waals surface area contributed by atoms with Gasteiger partial charge < -0.3 is 10.6 Å². The van der Waals surface area contributed by atoms with Crippen molar-refractivity contribution in [3.63, 3.8) is 0 Å². The lowest BCUT2D eigenvalue weighted by Crippen LogP contribution is -2.42. The molecule has 3 nitrogen and oxygen atoms in total. The summed E-state index contributed by atoms with van der Waals surface area (Å²) in [6, 6.07) is 5.70. The van der Waals surface area contributed by atoms with Gasteiger partial charge in [-0.15, -0.1) is 24.0 Å². The van der Waals surface area contributed by atoms with Crippen LogP contribution in [0, 0.1) is 12.7 Å². The van der Waals surface area contributed by atoms with Crippen LogP contribution >= 0.6 is 24.0 Å². The maximum absolute atomic E-state index is 13.4. The van der Waals surface area contributed by atoms with E-state index in [0.717, 1.165) is 24.4 Å². The molecule has 0 fully saturated rings. The van der Waals surface area contributed by atoms with Crippen molar-refractivity contribution in [2.45, 2.75) is 32.4 Å². The quantitative estimate of drug-likeness (QED) is 0.361. The van der Waals surface area contributed by atoms with Crippen molar-refractivity contribution in [3.05, 3.63) is 47.3 Å². The first-order valence-electron chi connectivity index (χ1n) is 6.56. The number of nitrogens with one attached hydrogen (secondary N) is 2. The Kier molecular flexibility index (Phi) is 6.98. The Labute approximate surface area is 136 Å². The van der Waals surface area contributed by atoms with Gasteiger partial charge in [-0.3, -0.25) is 4.99 Å². The molecule has 1 aliphatic carbocycles. The van der Waals surface area contributed by atoms with E-state index in [0.29, 0.717) is 18.2 Å². The highest BCUT2D eigenvalue weighted by atomic mass is 127. The van der Waals surface area contributed by atoms with E-state index < -0.39 is 0 Å². The number of halogens is 2. The van der Waals surface area contributed by atoms with Gasteiger partial charge in [-0.2, -0.15) is 0 Å². The molecule has 0 aromatic heterocycles. The fourth-order valence-corrected chi connectivity index (χ4v) is 2.06. The van der Waals surface area contributed by atoms with Crippen LogP contribution in [0.15, 0.2) is 35.3 Å². The second-order valence-corrected chi connectivity index (χ2v) is 4.79. The van der Waals surface area contributed by atoms with E-state index in [1.807, 2.05) is 6.07 Å². The van der Waals surface area contributed by atoms with Gasteiger partial charge in [0.2, 0.25) is 0 Å². The van der Waals surface area contributed by atoms with E-state index in [1.54, 1.807) is 26.1 Å². The second kappa shape index (κ2) is 8.24. The molecule has 0 aliphatic heterocycles. The van der Waals surface area contributed by atoms with E-state index in [4.69, 9.17) is 0 Å². The molecule has 20 heavy (non-hydrogen) atoms. The topological polar surface area (TPSA) is 36.4 Å². The summed E-state index contributed by atoms with van der Waals surface area (Å²) < 4.78 is 13.4. The Bertz CT molecular complexity index is 492. The number of rotatable bonds is 3. The monoisotopic (exact) mass is 389 g/mol. The van der Waals surface area contributed by atoms with Crippen LogP contribution in [0.25, 0.3) is 0 Å². The molecule has 0 spiro atoms. The van der Waals surface area contributed by atoms with E-state index in [-0.39, 0.29) is 29.8 Å². The molecular formula is C15H21FIN3. The molecule has 5 heteroatoms. The molecule has 1 aliphatic rings. The Balaban J connectivity index is 0.00000200. The molecule has 0 heterocycles. The average Bonchev–Trinajstić information content (AvgIpc) is 2.91. The van der Waals surface area contributed by atoms with Gasteiger partial charge in [0.05, 0.1) is 0 Å². The molecule has 0 amide bonds. The molecule has 0 unspecified atom stereocenters. The molecule has 0 saturated heterocycles. The maximum atomic E-state index is 13.4. The van der Waals surface area contributed by atoms with Crippen LogP contribution in [0.1, 0.15) is 24.0 Å². The zero-order valence-electron chi connectivity index (χ0n) is 11.8. The first-order chi connectivity index (χ1) is 9.19. The number of benzene rings is 1. The molecule has 0 saturated carbocycles. The third kappa shape index (κ3) is 4.77. The highest BCUT2D eigenvalue weighted by Crippen LogP contribution is 2.10. The molecular weight excluding hydrogens is 368 g/mol. The van der Waals surface area contributed by atoms with E-state index >= 15 is 0 Å². The summed E-state index contributed by atoms with van der Waals surface area (Å²) in [5.74, 6) is 0.594. The lowest BCUT2D eigenvalue weighted by Gasteiger charge is -2.17. The molecule has 1 aromatic carbocycles. The first kappa shape index (κ1) is 16.9. The third-order valence-corrected chi connectivity index (χ3v) is 3.27. The van der Waals surface area contributed by atoms with E-state index in [9.17, 15) is 4.39 Å². The number of hydrogen-bond donors (Lipinski definition) is 2. The van der Waals surface area contributed by atoms with Gasteiger partial charge in [0.1, 0.15) is 5.82 Å². The average molecular weight is 389 g/mol. The summed E-state index contributed by atoms with van der Waals surface area (Å²) in [4.78, 5) is 4.18. The Morgan fingerprint density at radius 2 is 2.05 bits per heavy atom. The third-order valence-electron chi connectivity index (χ3n) is 3.27. The predicted molar refractivity (Wildman–Crippen MR) is 92.0 cm³/mol. The Hall–Kier alpha value is -1.11. The van der Waals surface area contributed by atoms with Crippen molar-refractivity contribution in [3.8, 4) is 0 Å². The molecule has 0 atom stereocenters.